The number of nitrogens with two attached hydrogens (primary N) is 1. The van der Waals surface area contributed by atoms with Crippen molar-refractivity contribution in [2.45, 2.75) is 64.5 Å². The minimum Gasteiger partial charge on any atom is -0.490 e. The molecule has 0 amide bonds. The van der Waals surface area contributed by atoms with Crippen molar-refractivity contribution in [3.05, 3.63) is 29.3 Å². The molecule has 0 aromatic heterocycles. The number of fused-ring (bicyclic) bond motifs is 1. The van der Waals surface area contributed by atoms with Crippen LogP contribution in [0.5, 0.6) is 5.75 Å². The third kappa shape index (κ3) is 2.16. The lowest BCUT2D eigenvalue weighted by Crippen LogP contribution is -2.61. The molecule has 3 atom stereocenters. The van der Waals surface area contributed by atoms with Crippen LogP contribution in [0.1, 0.15) is 50.7 Å². The van der Waals surface area contributed by atoms with Gasteiger partial charge in [-0.05, 0) is 55.4 Å². The third-order valence-electron chi connectivity index (χ3n) is 5.41. The molecule has 2 nitrogen and oxygen atoms in total. The number of aryl methyl sites for hydroxylation is 2. The molecule has 1 fully saturated rings. The highest BCUT2D eigenvalue weighted by molar-refractivity contribution is 5.37. The molecule has 3 rings (SSSR count). The van der Waals surface area contributed by atoms with E-state index in [-0.39, 0.29) is 11.5 Å². The molecule has 2 N–H and O–H groups in total. The molecule has 1 saturated carbocycles. The summed E-state index contributed by atoms with van der Waals surface area (Å²) in [5, 5.41) is 0. The summed E-state index contributed by atoms with van der Waals surface area (Å²) in [5.41, 5.74) is 9.30. The Labute approximate surface area is 116 Å². The van der Waals surface area contributed by atoms with Crippen molar-refractivity contribution in [3.63, 3.8) is 0 Å². The van der Waals surface area contributed by atoms with Gasteiger partial charge in [-0.15, -0.1) is 0 Å². The van der Waals surface area contributed by atoms with E-state index in [1.165, 1.54) is 36.8 Å². The van der Waals surface area contributed by atoms with E-state index in [4.69, 9.17) is 10.5 Å². The van der Waals surface area contributed by atoms with Gasteiger partial charge in [0.25, 0.3) is 0 Å². The summed E-state index contributed by atoms with van der Waals surface area (Å²) in [5.74, 6) is 1.04. The van der Waals surface area contributed by atoms with Crippen LogP contribution in [0.4, 0.5) is 0 Å². The van der Waals surface area contributed by atoms with Crippen molar-refractivity contribution in [2.75, 3.05) is 0 Å². The van der Waals surface area contributed by atoms with E-state index in [0.29, 0.717) is 6.04 Å². The lowest BCUT2D eigenvalue weighted by Gasteiger charge is -2.51. The fourth-order valence-corrected chi connectivity index (χ4v) is 3.47. The van der Waals surface area contributed by atoms with Crippen LogP contribution in [0.15, 0.2) is 18.2 Å². The molecule has 19 heavy (non-hydrogen) atoms. The Morgan fingerprint density at radius 2 is 2.00 bits per heavy atom. The van der Waals surface area contributed by atoms with Gasteiger partial charge in [-0.25, -0.2) is 0 Å². The minimum atomic E-state index is 0.149. The Bertz CT molecular complexity index is 470. The second-order valence-corrected chi connectivity index (χ2v) is 6.45. The van der Waals surface area contributed by atoms with Crippen molar-refractivity contribution < 1.29 is 4.74 Å². The molecule has 0 aliphatic heterocycles. The molecule has 3 unspecified atom stereocenters. The predicted octanol–water partition coefficient (Wildman–Crippen LogP) is 3.46. The monoisotopic (exact) mass is 259 g/mol. The largest absolute Gasteiger partial charge is 0.490 e. The summed E-state index contributed by atoms with van der Waals surface area (Å²) in [7, 11) is 0. The van der Waals surface area contributed by atoms with Gasteiger partial charge in [-0.1, -0.05) is 19.9 Å². The van der Waals surface area contributed by atoms with E-state index in [1.807, 2.05) is 0 Å². The van der Waals surface area contributed by atoms with Gasteiger partial charge in [0.2, 0.25) is 0 Å². The van der Waals surface area contributed by atoms with Crippen molar-refractivity contribution >= 4 is 0 Å². The number of hydrogen-bond acceptors (Lipinski definition) is 2. The van der Waals surface area contributed by atoms with Crippen LogP contribution in [0.3, 0.4) is 0 Å². The molecule has 0 radical (unpaired) electrons. The summed E-state index contributed by atoms with van der Waals surface area (Å²) < 4.78 is 6.21. The normalized spacial score (nSPS) is 33.4. The standard InChI is InChI=1S/C17H25NO/c1-3-17(2)15(18)11-16(17)19-14-9-8-12-6-4-5-7-13(12)10-14/h8-10,15-16H,3-7,11,18H2,1-2H3. The van der Waals surface area contributed by atoms with Crippen molar-refractivity contribution in [2.24, 2.45) is 11.1 Å². The van der Waals surface area contributed by atoms with Crippen LogP contribution < -0.4 is 10.5 Å². The van der Waals surface area contributed by atoms with Crippen LogP contribution in [-0.4, -0.2) is 12.1 Å². The molecule has 1 aromatic rings. The Morgan fingerprint density at radius 1 is 1.26 bits per heavy atom. The number of benzene rings is 1. The lowest BCUT2D eigenvalue weighted by molar-refractivity contribution is -0.0560. The second kappa shape index (κ2) is 4.82. The highest BCUT2D eigenvalue weighted by Crippen LogP contribution is 2.45. The fourth-order valence-electron chi connectivity index (χ4n) is 3.47. The molecule has 0 heterocycles. The highest BCUT2D eigenvalue weighted by Gasteiger charge is 2.50. The van der Waals surface area contributed by atoms with E-state index >= 15 is 0 Å². The maximum absolute atomic E-state index is 6.21. The first kappa shape index (κ1) is 13.0. The molecular weight excluding hydrogens is 234 g/mol. The third-order valence-corrected chi connectivity index (χ3v) is 5.41. The van der Waals surface area contributed by atoms with Crippen molar-refractivity contribution in [1.82, 2.24) is 0 Å². The molecule has 0 spiro atoms. The second-order valence-electron chi connectivity index (χ2n) is 6.45. The topological polar surface area (TPSA) is 35.2 Å². The number of ether oxygens (including phenoxy) is 1. The SMILES string of the molecule is CCC1(C)C(N)CC1Oc1ccc2c(c1)CCCC2. The predicted molar refractivity (Wildman–Crippen MR) is 78.5 cm³/mol. The zero-order valence-corrected chi connectivity index (χ0v) is 12.1. The number of rotatable bonds is 3. The van der Waals surface area contributed by atoms with E-state index in [0.717, 1.165) is 18.6 Å². The minimum absolute atomic E-state index is 0.149. The van der Waals surface area contributed by atoms with Crippen LogP contribution >= 0.6 is 0 Å². The van der Waals surface area contributed by atoms with Gasteiger partial charge >= 0.3 is 0 Å². The molecule has 2 aliphatic rings. The van der Waals surface area contributed by atoms with Crippen LogP contribution in [-0.2, 0) is 12.8 Å². The quantitative estimate of drug-likeness (QED) is 0.902. The van der Waals surface area contributed by atoms with E-state index < -0.39 is 0 Å². The Hall–Kier alpha value is -1.02. The molecule has 104 valence electrons. The molecule has 2 heteroatoms. The van der Waals surface area contributed by atoms with Crippen LogP contribution in [0.25, 0.3) is 0 Å². The first-order chi connectivity index (χ1) is 9.13. The van der Waals surface area contributed by atoms with Gasteiger partial charge in [0.1, 0.15) is 11.9 Å². The number of hydrogen-bond donors (Lipinski definition) is 1. The average molecular weight is 259 g/mol. The summed E-state index contributed by atoms with van der Waals surface area (Å²) in [6.07, 6.45) is 7.45. The summed E-state index contributed by atoms with van der Waals surface area (Å²) in [4.78, 5) is 0. The molecule has 1 aromatic carbocycles. The van der Waals surface area contributed by atoms with Gasteiger partial charge in [-0.3, -0.25) is 0 Å². The van der Waals surface area contributed by atoms with Gasteiger partial charge in [-0.2, -0.15) is 0 Å². The van der Waals surface area contributed by atoms with Gasteiger partial charge < -0.3 is 10.5 Å². The van der Waals surface area contributed by atoms with E-state index in [2.05, 4.69) is 32.0 Å². The summed E-state index contributed by atoms with van der Waals surface area (Å²) >= 11 is 0. The van der Waals surface area contributed by atoms with E-state index in [1.54, 1.807) is 0 Å². The molecular formula is C17H25NO. The smallest absolute Gasteiger partial charge is 0.120 e. The van der Waals surface area contributed by atoms with Crippen molar-refractivity contribution in [1.29, 1.82) is 0 Å². The van der Waals surface area contributed by atoms with Crippen molar-refractivity contribution in [3.8, 4) is 5.75 Å². The van der Waals surface area contributed by atoms with Gasteiger partial charge in [0, 0.05) is 17.9 Å². The Kier molecular flexibility index (Phi) is 3.30. The lowest BCUT2D eigenvalue weighted by atomic mass is 9.62. The first-order valence-electron chi connectivity index (χ1n) is 7.67. The molecule has 0 bridgehead atoms. The molecule has 0 saturated heterocycles. The average Bonchev–Trinajstić information content (AvgIpc) is 2.46. The maximum Gasteiger partial charge on any atom is 0.120 e. The highest BCUT2D eigenvalue weighted by atomic mass is 16.5. The van der Waals surface area contributed by atoms with Crippen LogP contribution in [0.2, 0.25) is 0 Å². The first-order valence-corrected chi connectivity index (χ1v) is 7.67. The van der Waals surface area contributed by atoms with E-state index in [9.17, 15) is 0 Å². The molecule has 2 aliphatic carbocycles. The maximum atomic E-state index is 6.21. The van der Waals surface area contributed by atoms with Gasteiger partial charge in [0.05, 0.1) is 0 Å². The zero-order valence-electron chi connectivity index (χ0n) is 12.1. The zero-order chi connectivity index (χ0) is 13.5. The van der Waals surface area contributed by atoms with Crippen LogP contribution in [0, 0.1) is 5.41 Å². The Morgan fingerprint density at radius 3 is 2.68 bits per heavy atom. The summed E-state index contributed by atoms with van der Waals surface area (Å²) in [6.45, 7) is 4.46. The van der Waals surface area contributed by atoms with Gasteiger partial charge in [0.15, 0.2) is 0 Å². The fraction of sp³-hybridized carbons (Fsp3) is 0.647. The summed E-state index contributed by atoms with van der Waals surface area (Å²) in [6, 6.07) is 6.95. The Balaban J connectivity index is 1.74.